The van der Waals surface area contributed by atoms with Gasteiger partial charge in [-0.15, -0.1) is 0 Å². The van der Waals surface area contributed by atoms with Crippen molar-refractivity contribution in [1.29, 1.82) is 0 Å². The molecule has 0 rings (SSSR count). The molecule has 0 aromatic carbocycles. The predicted molar refractivity (Wildman–Crippen MR) is 58.3 cm³/mol. The van der Waals surface area contributed by atoms with E-state index in [0.717, 1.165) is 0 Å². The second kappa shape index (κ2) is 9.00. The molecule has 0 aliphatic carbocycles. The van der Waals surface area contributed by atoms with Gasteiger partial charge in [0, 0.05) is 11.0 Å². The molecule has 0 heterocycles. The Morgan fingerprint density at radius 1 is 1.33 bits per heavy atom. The van der Waals surface area contributed by atoms with Crippen LogP contribution in [0.5, 0.6) is 0 Å². The Hall–Kier alpha value is -1.00. The van der Waals surface area contributed by atoms with Gasteiger partial charge in [-0.3, -0.25) is 4.79 Å². The van der Waals surface area contributed by atoms with Gasteiger partial charge in [0.05, 0.1) is 6.61 Å². The van der Waals surface area contributed by atoms with Crippen LogP contribution in [0, 0.1) is 0 Å². The van der Waals surface area contributed by atoms with Gasteiger partial charge in [-0.05, 0) is 0 Å². The summed E-state index contributed by atoms with van der Waals surface area (Å²) < 4.78 is 31.7. The van der Waals surface area contributed by atoms with Crippen molar-refractivity contribution in [2.24, 2.45) is 5.73 Å². The summed E-state index contributed by atoms with van der Waals surface area (Å²) >= 11 is 1.36. The van der Waals surface area contributed by atoms with E-state index in [0.29, 0.717) is 5.75 Å². The van der Waals surface area contributed by atoms with Crippen LogP contribution in [0.25, 0.3) is 0 Å². The maximum absolute atomic E-state index is 10.6. The zero-order chi connectivity index (χ0) is 14.9. The molecule has 0 fully saturated rings. The molecule has 0 unspecified atom stereocenters. The lowest BCUT2D eigenvalue weighted by molar-refractivity contribution is -0.192. The van der Waals surface area contributed by atoms with Crippen LogP contribution in [-0.2, 0) is 9.59 Å². The van der Waals surface area contributed by atoms with E-state index in [9.17, 15) is 18.0 Å². The Bertz CT molecular complexity index is 274. The van der Waals surface area contributed by atoms with E-state index in [2.05, 4.69) is 0 Å². The van der Waals surface area contributed by atoms with Crippen molar-refractivity contribution in [3.8, 4) is 0 Å². The van der Waals surface area contributed by atoms with Crippen LogP contribution < -0.4 is 5.73 Å². The average Bonchev–Trinajstić information content (AvgIpc) is 2.24. The van der Waals surface area contributed by atoms with Gasteiger partial charge in [0.1, 0.15) is 6.04 Å². The number of alkyl halides is 3. The fraction of sp³-hybridized carbons (Fsp3) is 0.750. The minimum absolute atomic E-state index is 0.0526. The van der Waals surface area contributed by atoms with Crippen molar-refractivity contribution in [3.63, 3.8) is 0 Å². The lowest BCUT2D eigenvalue weighted by Gasteiger charge is -2.09. The quantitative estimate of drug-likeness (QED) is 0.569. The van der Waals surface area contributed by atoms with Crippen LogP contribution in [-0.4, -0.2) is 57.1 Å². The van der Waals surface area contributed by atoms with E-state index in [-0.39, 0.29) is 11.9 Å². The number of hydrogen-bond acceptors (Lipinski definition) is 5. The van der Waals surface area contributed by atoms with Gasteiger partial charge in [0.15, 0.2) is 0 Å². The molecule has 18 heavy (non-hydrogen) atoms. The molecule has 0 aliphatic rings. The Morgan fingerprint density at radius 3 is 1.94 bits per heavy atom. The number of aliphatic carboxylic acids is 2. The monoisotopic (exact) mass is 293 g/mol. The zero-order valence-electron chi connectivity index (χ0n) is 9.35. The number of halogens is 3. The Labute approximate surface area is 105 Å². The van der Waals surface area contributed by atoms with Crippen molar-refractivity contribution in [2.75, 3.05) is 12.4 Å². The summed E-state index contributed by atoms with van der Waals surface area (Å²) in [6, 6.07) is -0.825. The number of aliphatic hydroxyl groups is 1. The standard InChI is InChI=1S/C6H13NO3S.C2HF3O2/c1-4(2-8)11-3-5(7)6(9)10;3-2(4,5)1(6)7/h4-5,8H,2-3,7H2,1H3,(H,9,10);(H,6,7)/t4-,5-;/m1./s1. The third kappa shape index (κ3) is 11.5. The number of nitrogens with two attached hydrogens (primary N) is 1. The average molecular weight is 293 g/mol. The first-order valence-electron chi connectivity index (χ1n) is 4.53. The Kier molecular flexibility index (Phi) is 9.67. The molecule has 0 spiro atoms. The Balaban J connectivity index is 0. The molecule has 0 aromatic heterocycles. The molecule has 5 N–H and O–H groups in total. The van der Waals surface area contributed by atoms with Crippen molar-refractivity contribution >= 4 is 23.7 Å². The molecular formula is C8H14F3NO5S. The fourth-order valence-corrected chi connectivity index (χ4v) is 1.18. The minimum Gasteiger partial charge on any atom is -0.480 e. The summed E-state index contributed by atoms with van der Waals surface area (Å²) in [4.78, 5) is 19.1. The first-order chi connectivity index (χ1) is 8.02. The molecule has 10 heteroatoms. The highest BCUT2D eigenvalue weighted by molar-refractivity contribution is 7.99. The van der Waals surface area contributed by atoms with Gasteiger partial charge >= 0.3 is 18.1 Å². The van der Waals surface area contributed by atoms with Gasteiger partial charge in [0.25, 0.3) is 0 Å². The molecule has 0 aromatic rings. The molecule has 0 amide bonds. The van der Waals surface area contributed by atoms with Crippen LogP contribution in [0.2, 0.25) is 0 Å². The van der Waals surface area contributed by atoms with Crippen molar-refractivity contribution < 1.29 is 38.1 Å². The zero-order valence-corrected chi connectivity index (χ0v) is 10.2. The highest BCUT2D eigenvalue weighted by Gasteiger charge is 2.38. The minimum atomic E-state index is -5.08. The smallest absolute Gasteiger partial charge is 0.480 e. The van der Waals surface area contributed by atoms with E-state index in [1.807, 2.05) is 6.92 Å². The highest BCUT2D eigenvalue weighted by atomic mass is 32.2. The number of hydrogen-bond donors (Lipinski definition) is 4. The third-order valence-corrected chi connectivity index (χ3v) is 2.65. The van der Waals surface area contributed by atoms with Crippen LogP contribution in [0.15, 0.2) is 0 Å². The van der Waals surface area contributed by atoms with E-state index >= 15 is 0 Å². The lowest BCUT2D eigenvalue weighted by atomic mass is 10.4. The van der Waals surface area contributed by atoms with Gasteiger partial charge < -0.3 is 21.1 Å². The summed E-state index contributed by atoms with van der Waals surface area (Å²) in [7, 11) is 0. The van der Waals surface area contributed by atoms with Crippen molar-refractivity contribution in [1.82, 2.24) is 0 Å². The van der Waals surface area contributed by atoms with Crippen LogP contribution >= 0.6 is 11.8 Å². The summed E-state index contributed by atoms with van der Waals surface area (Å²) in [5.41, 5.74) is 5.22. The Morgan fingerprint density at radius 2 is 1.72 bits per heavy atom. The van der Waals surface area contributed by atoms with Gasteiger partial charge in [0.2, 0.25) is 0 Å². The van der Waals surface area contributed by atoms with Gasteiger partial charge in [-0.1, -0.05) is 6.92 Å². The largest absolute Gasteiger partial charge is 0.490 e. The molecule has 0 bridgehead atoms. The lowest BCUT2D eigenvalue weighted by Crippen LogP contribution is -2.33. The maximum Gasteiger partial charge on any atom is 0.490 e. The van der Waals surface area contributed by atoms with Crippen LogP contribution in [0.3, 0.4) is 0 Å². The van der Waals surface area contributed by atoms with Crippen molar-refractivity contribution in [2.45, 2.75) is 24.4 Å². The molecule has 0 saturated heterocycles. The second-order valence-corrected chi connectivity index (χ2v) is 4.55. The molecular weight excluding hydrogens is 279 g/mol. The van der Waals surface area contributed by atoms with Crippen LogP contribution in [0.4, 0.5) is 13.2 Å². The molecule has 6 nitrogen and oxygen atoms in total. The fourth-order valence-electron chi connectivity index (χ4n) is 0.392. The number of rotatable bonds is 5. The number of thioether (sulfide) groups is 1. The molecule has 0 saturated carbocycles. The number of aliphatic hydroxyl groups excluding tert-OH is 1. The number of carbonyl (C=O) groups is 2. The maximum atomic E-state index is 10.6. The van der Waals surface area contributed by atoms with Gasteiger partial charge in [-0.2, -0.15) is 24.9 Å². The summed E-state index contributed by atoms with van der Waals surface area (Å²) in [5, 5.41) is 24.1. The van der Waals surface area contributed by atoms with Crippen LogP contribution in [0.1, 0.15) is 6.92 Å². The predicted octanol–water partition coefficient (Wildman–Crippen LogP) is 0.146. The van der Waals surface area contributed by atoms with Crippen molar-refractivity contribution in [3.05, 3.63) is 0 Å². The third-order valence-electron chi connectivity index (χ3n) is 1.38. The highest BCUT2D eigenvalue weighted by Crippen LogP contribution is 2.13. The van der Waals surface area contributed by atoms with E-state index < -0.39 is 24.2 Å². The summed E-state index contributed by atoms with van der Waals surface area (Å²) in [6.45, 7) is 1.87. The normalized spacial score (nSPS) is 14.1. The molecule has 0 radical (unpaired) electrons. The second-order valence-electron chi connectivity index (χ2n) is 3.07. The summed E-state index contributed by atoms with van der Waals surface area (Å²) in [6.07, 6.45) is -5.08. The first kappa shape index (κ1) is 19.3. The molecule has 108 valence electrons. The number of carboxylic acid groups (broad SMARTS) is 2. The molecule has 2 atom stereocenters. The summed E-state index contributed by atoms with van der Waals surface area (Å²) in [5.74, 6) is -3.41. The van der Waals surface area contributed by atoms with E-state index in [1.54, 1.807) is 0 Å². The first-order valence-corrected chi connectivity index (χ1v) is 5.58. The molecule has 0 aliphatic heterocycles. The number of carboxylic acids is 2. The van der Waals surface area contributed by atoms with E-state index in [1.165, 1.54) is 11.8 Å². The van der Waals surface area contributed by atoms with E-state index in [4.69, 9.17) is 25.8 Å². The van der Waals surface area contributed by atoms with Gasteiger partial charge in [-0.25, -0.2) is 4.79 Å². The topological polar surface area (TPSA) is 121 Å². The SMILES string of the molecule is C[C@H](CO)SC[C@@H](N)C(=O)O.O=C(O)C(F)(F)F.